The molecule has 0 bridgehead atoms. The molecule has 0 saturated heterocycles. The highest BCUT2D eigenvalue weighted by Crippen LogP contribution is 2.21. The highest BCUT2D eigenvalue weighted by atomic mass is 35.5. The summed E-state index contributed by atoms with van der Waals surface area (Å²) >= 11 is 7.24. The lowest BCUT2D eigenvalue weighted by Gasteiger charge is -2.16. The minimum absolute atomic E-state index is 0.197. The molecule has 2 aromatic carbocycles. The van der Waals surface area contributed by atoms with E-state index in [0.717, 1.165) is 21.4 Å². The second kappa shape index (κ2) is 8.97. The van der Waals surface area contributed by atoms with Crippen LogP contribution >= 0.6 is 23.4 Å². The molecule has 0 aliphatic carbocycles. The standard InChI is InChI=1S/C20H19ClN2O3S/c1-26-20(25)18(10-13-11-22-17-5-3-2-4-16(13)17)23-19(24)12-27-15-8-6-14(21)7-9-15/h2-9,11,18,22H,10,12H2,1H3,(H,23,24)/t18-/m1/s1. The number of para-hydroxylation sites is 1. The lowest BCUT2D eigenvalue weighted by molar-refractivity contribution is -0.144. The van der Waals surface area contributed by atoms with Gasteiger partial charge in [0.1, 0.15) is 6.04 Å². The lowest BCUT2D eigenvalue weighted by atomic mass is 10.0. The van der Waals surface area contributed by atoms with Crippen LogP contribution in [0.1, 0.15) is 5.56 Å². The van der Waals surface area contributed by atoms with Gasteiger partial charge in [-0.05, 0) is 35.9 Å². The molecular formula is C20H19ClN2O3S. The first-order valence-corrected chi connectivity index (χ1v) is 9.73. The lowest BCUT2D eigenvalue weighted by Crippen LogP contribution is -2.43. The van der Waals surface area contributed by atoms with E-state index >= 15 is 0 Å². The topological polar surface area (TPSA) is 71.2 Å². The van der Waals surface area contributed by atoms with E-state index < -0.39 is 12.0 Å². The Kier molecular flexibility index (Phi) is 6.42. The summed E-state index contributed by atoms with van der Waals surface area (Å²) in [5.41, 5.74) is 1.94. The Balaban J connectivity index is 1.65. The molecule has 1 aromatic heterocycles. The van der Waals surface area contributed by atoms with Gasteiger partial charge in [-0.1, -0.05) is 29.8 Å². The number of hydrogen-bond acceptors (Lipinski definition) is 4. The fraction of sp³-hybridized carbons (Fsp3) is 0.200. The zero-order valence-electron chi connectivity index (χ0n) is 14.7. The third-order valence-corrected chi connectivity index (χ3v) is 5.37. The molecule has 0 aliphatic rings. The Hall–Kier alpha value is -2.44. The SMILES string of the molecule is COC(=O)[C@@H](Cc1c[nH]c2ccccc12)NC(=O)CSc1ccc(Cl)cc1. The van der Waals surface area contributed by atoms with Gasteiger partial charge >= 0.3 is 5.97 Å². The first kappa shape index (κ1) is 19.3. The van der Waals surface area contributed by atoms with Gasteiger partial charge < -0.3 is 15.0 Å². The van der Waals surface area contributed by atoms with Crippen molar-refractivity contribution in [1.82, 2.24) is 10.3 Å². The normalized spacial score (nSPS) is 11.9. The highest BCUT2D eigenvalue weighted by molar-refractivity contribution is 8.00. The van der Waals surface area contributed by atoms with E-state index in [1.165, 1.54) is 18.9 Å². The van der Waals surface area contributed by atoms with E-state index in [1.54, 1.807) is 12.1 Å². The molecule has 0 saturated carbocycles. The fourth-order valence-corrected chi connectivity index (χ4v) is 3.61. The zero-order valence-corrected chi connectivity index (χ0v) is 16.3. The zero-order chi connectivity index (χ0) is 19.2. The van der Waals surface area contributed by atoms with E-state index in [1.807, 2.05) is 42.6 Å². The van der Waals surface area contributed by atoms with Crippen molar-refractivity contribution in [1.29, 1.82) is 0 Å². The Bertz CT molecular complexity index is 940. The molecule has 140 valence electrons. The van der Waals surface area contributed by atoms with Gasteiger partial charge in [0.25, 0.3) is 0 Å². The average Bonchev–Trinajstić information content (AvgIpc) is 3.09. The van der Waals surface area contributed by atoms with Crippen LogP contribution in [-0.2, 0) is 20.7 Å². The molecule has 0 aliphatic heterocycles. The van der Waals surface area contributed by atoms with Gasteiger partial charge in [0.15, 0.2) is 0 Å². The predicted molar refractivity (Wildman–Crippen MR) is 108 cm³/mol. The third-order valence-electron chi connectivity index (χ3n) is 4.10. The summed E-state index contributed by atoms with van der Waals surface area (Å²) in [5.74, 6) is -0.501. The number of benzene rings is 2. The van der Waals surface area contributed by atoms with Crippen LogP contribution in [0.5, 0.6) is 0 Å². The number of carbonyl (C=O) groups excluding carboxylic acids is 2. The van der Waals surface area contributed by atoms with E-state index in [-0.39, 0.29) is 11.7 Å². The van der Waals surface area contributed by atoms with Gasteiger partial charge in [-0.2, -0.15) is 0 Å². The third kappa shape index (κ3) is 5.05. The summed E-state index contributed by atoms with van der Waals surface area (Å²) in [6.45, 7) is 0. The minimum Gasteiger partial charge on any atom is -0.467 e. The van der Waals surface area contributed by atoms with Crippen molar-refractivity contribution in [2.45, 2.75) is 17.4 Å². The van der Waals surface area contributed by atoms with E-state index in [2.05, 4.69) is 10.3 Å². The molecule has 27 heavy (non-hydrogen) atoms. The maximum atomic E-state index is 12.3. The predicted octanol–water partition coefficient (Wildman–Crippen LogP) is 3.81. The maximum absolute atomic E-state index is 12.3. The van der Waals surface area contributed by atoms with Gasteiger partial charge in [0.2, 0.25) is 5.91 Å². The summed E-state index contributed by atoms with van der Waals surface area (Å²) in [5, 5.41) is 4.45. The number of halogens is 1. The van der Waals surface area contributed by atoms with Crippen LogP contribution in [0.25, 0.3) is 10.9 Å². The van der Waals surface area contributed by atoms with Gasteiger partial charge in [0, 0.05) is 33.4 Å². The number of thioether (sulfide) groups is 1. The largest absolute Gasteiger partial charge is 0.467 e. The van der Waals surface area contributed by atoms with Gasteiger partial charge in [-0.25, -0.2) is 4.79 Å². The molecule has 3 aromatic rings. The number of methoxy groups -OCH3 is 1. The Labute approximate surface area is 166 Å². The molecule has 0 unspecified atom stereocenters. The number of ether oxygens (including phenoxy) is 1. The number of esters is 1. The number of rotatable bonds is 7. The van der Waals surface area contributed by atoms with Crippen LogP contribution in [0.15, 0.2) is 59.6 Å². The number of aromatic amines is 1. The summed E-state index contributed by atoms with van der Waals surface area (Å²) < 4.78 is 4.86. The summed E-state index contributed by atoms with van der Waals surface area (Å²) in [6.07, 6.45) is 2.21. The number of nitrogens with one attached hydrogen (secondary N) is 2. The summed E-state index contributed by atoms with van der Waals surface area (Å²) in [6, 6.07) is 14.3. The number of hydrogen-bond donors (Lipinski definition) is 2. The number of carbonyl (C=O) groups is 2. The van der Waals surface area contributed by atoms with Crippen LogP contribution in [0.2, 0.25) is 5.02 Å². The van der Waals surface area contributed by atoms with Crippen LogP contribution in [0.4, 0.5) is 0 Å². The van der Waals surface area contributed by atoms with E-state index in [0.29, 0.717) is 11.4 Å². The number of H-pyrrole nitrogens is 1. The highest BCUT2D eigenvalue weighted by Gasteiger charge is 2.23. The first-order valence-electron chi connectivity index (χ1n) is 8.37. The molecule has 1 amide bonds. The Morgan fingerprint density at radius 3 is 2.67 bits per heavy atom. The number of aromatic nitrogens is 1. The van der Waals surface area contributed by atoms with Crippen molar-refractivity contribution < 1.29 is 14.3 Å². The molecule has 0 fully saturated rings. The second-order valence-electron chi connectivity index (χ2n) is 5.95. The van der Waals surface area contributed by atoms with Crippen molar-refractivity contribution in [2.75, 3.05) is 12.9 Å². The molecule has 5 nitrogen and oxygen atoms in total. The number of fused-ring (bicyclic) bond motifs is 1. The molecule has 0 radical (unpaired) electrons. The first-order chi connectivity index (χ1) is 13.1. The van der Waals surface area contributed by atoms with Gasteiger partial charge in [-0.15, -0.1) is 11.8 Å². The van der Waals surface area contributed by atoms with Crippen molar-refractivity contribution in [3.05, 3.63) is 65.3 Å². The summed E-state index contributed by atoms with van der Waals surface area (Å²) in [7, 11) is 1.32. The van der Waals surface area contributed by atoms with Crippen LogP contribution in [-0.4, -0.2) is 35.8 Å². The molecule has 3 rings (SSSR count). The fourth-order valence-electron chi connectivity index (χ4n) is 2.77. The Morgan fingerprint density at radius 1 is 1.19 bits per heavy atom. The molecule has 0 spiro atoms. The van der Waals surface area contributed by atoms with Crippen LogP contribution in [0, 0.1) is 0 Å². The monoisotopic (exact) mass is 402 g/mol. The minimum atomic E-state index is -0.743. The number of amides is 1. The van der Waals surface area contributed by atoms with Crippen LogP contribution < -0.4 is 5.32 Å². The van der Waals surface area contributed by atoms with Crippen molar-refractivity contribution in [3.63, 3.8) is 0 Å². The second-order valence-corrected chi connectivity index (χ2v) is 7.43. The Morgan fingerprint density at radius 2 is 1.93 bits per heavy atom. The molecule has 1 heterocycles. The van der Waals surface area contributed by atoms with Gasteiger partial charge in [-0.3, -0.25) is 4.79 Å². The molecule has 7 heteroatoms. The van der Waals surface area contributed by atoms with Crippen molar-refractivity contribution >= 4 is 46.1 Å². The quantitative estimate of drug-likeness (QED) is 0.465. The molecular weight excluding hydrogens is 384 g/mol. The van der Waals surface area contributed by atoms with E-state index in [4.69, 9.17) is 16.3 Å². The summed E-state index contributed by atoms with van der Waals surface area (Å²) in [4.78, 5) is 28.6. The van der Waals surface area contributed by atoms with Crippen molar-refractivity contribution in [2.24, 2.45) is 0 Å². The van der Waals surface area contributed by atoms with Gasteiger partial charge in [0.05, 0.1) is 12.9 Å². The molecule has 1 atom stereocenters. The van der Waals surface area contributed by atoms with Crippen LogP contribution in [0.3, 0.4) is 0 Å². The van der Waals surface area contributed by atoms with Crippen molar-refractivity contribution in [3.8, 4) is 0 Å². The average molecular weight is 403 g/mol. The smallest absolute Gasteiger partial charge is 0.328 e. The maximum Gasteiger partial charge on any atom is 0.328 e. The molecule has 2 N–H and O–H groups in total. The van der Waals surface area contributed by atoms with E-state index in [9.17, 15) is 9.59 Å².